The molecule has 0 radical (unpaired) electrons. The van der Waals surface area contributed by atoms with Gasteiger partial charge in [-0.3, -0.25) is 10.2 Å². The highest BCUT2D eigenvalue weighted by Gasteiger charge is 2.54. The second kappa shape index (κ2) is 14.5. The zero-order chi connectivity index (χ0) is 31.1. The van der Waals surface area contributed by atoms with Crippen LogP contribution in [-0.4, -0.2) is 35.7 Å². The van der Waals surface area contributed by atoms with Gasteiger partial charge in [-0.25, -0.2) is 14.8 Å². The summed E-state index contributed by atoms with van der Waals surface area (Å²) in [5, 5.41) is 9.79. The van der Waals surface area contributed by atoms with Gasteiger partial charge >= 0.3 is 0 Å². The van der Waals surface area contributed by atoms with Crippen LogP contribution in [0.3, 0.4) is 0 Å². The number of carbonyl (C=O) groups is 1. The quantitative estimate of drug-likeness (QED) is 0.110. The molecule has 0 fully saturated rings. The van der Waals surface area contributed by atoms with Crippen molar-refractivity contribution in [1.82, 2.24) is 10.9 Å². The molecular weight excluding hydrogens is 672 g/mol. The van der Waals surface area contributed by atoms with E-state index in [4.69, 9.17) is 42.8 Å². The van der Waals surface area contributed by atoms with Crippen LogP contribution in [0.15, 0.2) is 100 Å². The van der Waals surface area contributed by atoms with E-state index < -0.39 is 23.4 Å². The minimum Gasteiger partial charge on any atom is -0.494 e. The van der Waals surface area contributed by atoms with E-state index in [0.717, 1.165) is 10.0 Å². The third kappa shape index (κ3) is 7.42. The Bertz CT molecular complexity index is 1640. The van der Waals surface area contributed by atoms with Crippen molar-refractivity contribution in [1.29, 1.82) is 0 Å². The van der Waals surface area contributed by atoms with Crippen molar-refractivity contribution in [3.8, 4) is 5.75 Å². The summed E-state index contributed by atoms with van der Waals surface area (Å²) in [6, 6.07) is 26.0. The summed E-state index contributed by atoms with van der Waals surface area (Å²) >= 11 is 16.4. The molecule has 228 valence electrons. The van der Waals surface area contributed by atoms with E-state index in [9.17, 15) is 9.18 Å². The van der Waals surface area contributed by atoms with Crippen LogP contribution in [0, 0.1) is 5.82 Å². The van der Waals surface area contributed by atoms with Crippen LogP contribution in [0.1, 0.15) is 34.8 Å². The number of hydrogen-bond donors (Lipinski definition) is 3. The topological polar surface area (TPSA) is 92.2 Å². The van der Waals surface area contributed by atoms with Crippen LogP contribution in [-0.2, 0) is 22.5 Å². The van der Waals surface area contributed by atoms with Crippen molar-refractivity contribution in [3.63, 3.8) is 0 Å². The molecule has 1 aliphatic rings. The summed E-state index contributed by atoms with van der Waals surface area (Å²) in [6.07, 6.45) is -0.274. The van der Waals surface area contributed by atoms with Crippen LogP contribution < -0.4 is 15.6 Å². The highest BCUT2D eigenvalue weighted by Crippen LogP contribution is 2.45. The zero-order valence-corrected chi connectivity index (χ0v) is 26.5. The Morgan fingerprint density at radius 2 is 1.80 bits per heavy atom. The number of hydrogen-bond acceptors (Lipinski definition) is 6. The molecule has 1 heterocycles. The number of amides is 1. The fraction of sp³-hybridized carbons (Fsp3) is 0.212. The average Bonchev–Trinajstić information content (AvgIpc) is 3.39. The van der Waals surface area contributed by atoms with Crippen molar-refractivity contribution >= 4 is 50.9 Å². The molecule has 1 amide bonds. The van der Waals surface area contributed by atoms with Gasteiger partial charge in [-0.2, -0.15) is 0 Å². The van der Waals surface area contributed by atoms with E-state index in [2.05, 4.69) is 26.8 Å². The fourth-order valence-corrected chi connectivity index (χ4v) is 5.63. The molecule has 0 bridgehead atoms. The number of benzene rings is 4. The monoisotopic (exact) mass is 699 g/mol. The van der Waals surface area contributed by atoms with E-state index in [1.807, 2.05) is 24.3 Å². The zero-order valence-electron chi connectivity index (χ0n) is 23.4. The molecule has 5 rings (SSSR count). The number of aliphatic hydroxyl groups excluding tert-OH is 1. The van der Waals surface area contributed by atoms with Crippen LogP contribution in [0.4, 0.5) is 4.39 Å². The van der Waals surface area contributed by atoms with E-state index >= 15 is 0 Å². The Hall–Kier alpha value is -3.47. The Labute approximate surface area is 273 Å². The summed E-state index contributed by atoms with van der Waals surface area (Å²) in [5.41, 5.74) is 6.45. The Kier molecular flexibility index (Phi) is 10.6. The first-order valence-electron chi connectivity index (χ1n) is 13.9. The third-order valence-electron chi connectivity index (χ3n) is 7.10. The maximum atomic E-state index is 14.3. The molecule has 0 aromatic heterocycles. The largest absolute Gasteiger partial charge is 0.494 e. The first-order chi connectivity index (χ1) is 21.3. The van der Waals surface area contributed by atoms with Gasteiger partial charge in [0.15, 0.2) is 11.6 Å². The molecule has 7 nitrogen and oxygen atoms in total. The molecule has 0 unspecified atom stereocenters. The molecule has 11 heteroatoms. The van der Waals surface area contributed by atoms with Gasteiger partial charge in [0.25, 0.3) is 5.91 Å². The minimum atomic E-state index is -1.53. The van der Waals surface area contributed by atoms with E-state index in [1.54, 1.807) is 60.7 Å². The van der Waals surface area contributed by atoms with Crippen molar-refractivity contribution in [2.75, 3.05) is 13.2 Å². The van der Waals surface area contributed by atoms with E-state index in [1.165, 1.54) is 6.07 Å². The first kappa shape index (κ1) is 31.9. The molecular formula is C33H29BrCl2FN3O4. The lowest BCUT2D eigenvalue weighted by Crippen LogP contribution is -2.53. The highest BCUT2D eigenvalue weighted by molar-refractivity contribution is 9.10. The lowest BCUT2D eigenvalue weighted by Gasteiger charge is -2.31. The van der Waals surface area contributed by atoms with Crippen molar-refractivity contribution in [3.05, 3.63) is 134 Å². The summed E-state index contributed by atoms with van der Waals surface area (Å²) in [7, 11) is 0. The van der Waals surface area contributed by atoms with Gasteiger partial charge in [-0.15, -0.1) is 0 Å². The molecule has 1 aliphatic heterocycles. The van der Waals surface area contributed by atoms with Crippen molar-refractivity contribution in [2.24, 2.45) is 4.99 Å². The average molecular weight is 701 g/mol. The summed E-state index contributed by atoms with van der Waals surface area (Å²) < 4.78 is 27.3. The molecule has 2 atom stereocenters. The van der Waals surface area contributed by atoms with E-state index in [0.29, 0.717) is 45.5 Å². The second-order valence-electron chi connectivity index (χ2n) is 10.2. The number of carbonyl (C=O) groups excluding carboxylic acids is 1. The standard InChI is InChI=1S/C33H29BrCl2FN3O4/c34-24-10-6-21(7-11-24)19-33(32(42)40-38-20-23-4-1-2-5-29(23)37)30(27-15-12-25(35)18-28(27)36)44-31(39-33)22-8-13-26(14-9-22)43-17-3-16-41/h1-2,4-15,18,30,38,41H,3,16-17,19-20H2,(H,40,42)/t30-,33-/m0/s1. The maximum absolute atomic E-state index is 14.3. The lowest BCUT2D eigenvalue weighted by atomic mass is 9.82. The normalized spacial score (nSPS) is 17.6. The SMILES string of the molecule is O=C(NNCc1ccccc1F)[C@@]1(Cc2ccc(Br)cc2)N=C(c2ccc(OCCCO)cc2)O[C@H]1c1ccc(Cl)cc1Cl. The highest BCUT2D eigenvalue weighted by atomic mass is 79.9. The van der Waals surface area contributed by atoms with Gasteiger partial charge in [-0.1, -0.05) is 75.5 Å². The van der Waals surface area contributed by atoms with Gasteiger partial charge < -0.3 is 14.6 Å². The number of halogens is 4. The smallest absolute Gasteiger partial charge is 0.266 e. The van der Waals surface area contributed by atoms with Crippen molar-refractivity contribution < 1.29 is 23.8 Å². The number of aliphatic imine (C=N–C) groups is 1. The second-order valence-corrected chi connectivity index (χ2v) is 11.9. The molecule has 44 heavy (non-hydrogen) atoms. The molecule has 0 spiro atoms. The van der Waals surface area contributed by atoms with Crippen molar-refractivity contribution in [2.45, 2.75) is 31.0 Å². The summed E-state index contributed by atoms with van der Waals surface area (Å²) in [5.74, 6) is -0.0248. The van der Waals surface area contributed by atoms with E-state index in [-0.39, 0.29) is 25.5 Å². The number of nitrogens with zero attached hydrogens (tertiary/aromatic N) is 1. The molecule has 0 saturated carbocycles. The van der Waals surface area contributed by atoms with Gasteiger partial charge in [0, 0.05) is 57.2 Å². The lowest BCUT2D eigenvalue weighted by molar-refractivity contribution is -0.130. The number of hydrazine groups is 1. The predicted octanol–water partition coefficient (Wildman–Crippen LogP) is 6.98. The van der Waals surface area contributed by atoms with Gasteiger partial charge in [0.05, 0.1) is 6.61 Å². The van der Waals surface area contributed by atoms with Crippen LogP contribution in [0.5, 0.6) is 5.75 Å². The number of rotatable bonds is 12. The minimum absolute atomic E-state index is 0.0367. The Morgan fingerprint density at radius 3 is 2.50 bits per heavy atom. The van der Waals surface area contributed by atoms with Gasteiger partial charge in [-0.05, 0) is 60.2 Å². The number of ether oxygens (including phenoxy) is 2. The maximum Gasteiger partial charge on any atom is 0.266 e. The molecule has 3 N–H and O–H groups in total. The summed E-state index contributed by atoms with van der Waals surface area (Å²) in [4.78, 5) is 19.2. The Morgan fingerprint density at radius 1 is 1.05 bits per heavy atom. The first-order valence-corrected chi connectivity index (χ1v) is 15.4. The molecule has 4 aromatic rings. The number of aliphatic hydroxyl groups is 1. The Balaban J connectivity index is 1.54. The van der Waals surface area contributed by atoms with Gasteiger partial charge in [0.1, 0.15) is 11.6 Å². The molecule has 4 aromatic carbocycles. The fourth-order valence-electron chi connectivity index (χ4n) is 4.86. The predicted molar refractivity (Wildman–Crippen MR) is 172 cm³/mol. The van der Waals surface area contributed by atoms with Crippen LogP contribution in [0.2, 0.25) is 10.0 Å². The van der Waals surface area contributed by atoms with Crippen LogP contribution >= 0.6 is 39.1 Å². The number of nitrogens with one attached hydrogen (secondary N) is 2. The molecule has 0 saturated heterocycles. The van der Waals surface area contributed by atoms with Gasteiger partial charge in [0.2, 0.25) is 5.90 Å². The molecule has 0 aliphatic carbocycles. The third-order valence-corrected chi connectivity index (χ3v) is 8.19. The summed E-state index contributed by atoms with van der Waals surface area (Å²) in [6.45, 7) is 0.462. The van der Waals surface area contributed by atoms with Crippen LogP contribution in [0.25, 0.3) is 0 Å².